The molecule has 5 nitrogen and oxygen atoms in total. The van der Waals surface area contributed by atoms with Crippen LogP contribution in [0, 0.1) is 0 Å². The number of rotatable bonds is 7. The van der Waals surface area contributed by atoms with E-state index in [4.69, 9.17) is 9.47 Å². The summed E-state index contributed by atoms with van der Waals surface area (Å²) in [5.74, 6) is 1.37. The van der Waals surface area contributed by atoms with Crippen molar-refractivity contribution in [3.05, 3.63) is 24.3 Å². The van der Waals surface area contributed by atoms with Gasteiger partial charge >= 0.3 is 0 Å². The van der Waals surface area contributed by atoms with Gasteiger partial charge in [0.1, 0.15) is 0 Å². The van der Waals surface area contributed by atoms with Gasteiger partial charge in [-0.25, -0.2) is 0 Å². The number of para-hydroxylation sites is 2. The van der Waals surface area contributed by atoms with Gasteiger partial charge in [0.2, 0.25) is 5.91 Å². The van der Waals surface area contributed by atoms with Crippen LogP contribution in [0.3, 0.4) is 0 Å². The number of nitrogens with one attached hydrogen (secondary N) is 2. The molecule has 1 heterocycles. The standard InChI is InChI=1S/C15H22N2O3/c1-19-13-6-2-3-7-14(13)20-10-8-15(18)17-11-12-5-4-9-16-12/h2-3,6-7,12,16H,4-5,8-11H2,1H3,(H,17,18). The first kappa shape index (κ1) is 14.7. The van der Waals surface area contributed by atoms with Crippen LogP contribution >= 0.6 is 0 Å². The molecule has 1 amide bonds. The van der Waals surface area contributed by atoms with Gasteiger partial charge in [-0.2, -0.15) is 0 Å². The minimum atomic E-state index is 0.0218. The molecule has 1 saturated heterocycles. The van der Waals surface area contributed by atoms with Crippen LogP contribution in [0.4, 0.5) is 0 Å². The summed E-state index contributed by atoms with van der Waals surface area (Å²) in [5, 5.41) is 6.27. The SMILES string of the molecule is COc1ccccc1OCCC(=O)NCC1CCCN1. The lowest BCUT2D eigenvalue weighted by Crippen LogP contribution is -2.37. The summed E-state index contributed by atoms with van der Waals surface area (Å²) in [6.07, 6.45) is 2.68. The molecule has 5 heteroatoms. The second-order valence-corrected chi connectivity index (χ2v) is 4.85. The van der Waals surface area contributed by atoms with Gasteiger partial charge in [-0.15, -0.1) is 0 Å². The van der Waals surface area contributed by atoms with Crippen molar-refractivity contribution in [2.75, 3.05) is 26.8 Å². The lowest BCUT2D eigenvalue weighted by Gasteiger charge is -2.12. The van der Waals surface area contributed by atoms with Gasteiger partial charge in [0.15, 0.2) is 11.5 Å². The zero-order valence-electron chi connectivity index (χ0n) is 11.9. The zero-order valence-corrected chi connectivity index (χ0v) is 11.9. The van der Waals surface area contributed by atoms with E-state index >= 15 is 0 Å². The highest BCUT2D eigenvalue weighted by molar-refractivity contribution is 5.76. The molecule has 20 heavy (non-hydrogen) atoms. The molecule has 1 fully saturated rings. The van der Waals surface area contributed by atoms with Crippen LogP contribution in [0.15, 0.2) is 24.3 Å². The summed E-state index contributed by atoms with van der Waals surface area (Å²) >= 11 is 0. The molecule has 0 bridgehead atoms. The molecule has 1 aliphatic rings. The van der Waals surface area contributed by atoms with Crippen LogP contribution in [0.5, 0.6) is 11.5 Å². The minimum Gasteiger partial charge on any atom is -0.493 e. The highest BCUT2D eigenvalue weighted by atomic mass is 16.5. The summed E-state index contributed by atoms with van der Waals surface area (Å²) in [6.45, 7) is 2.11. The van der Waals surface area contributed by atoms with Crippen LogP contribution in [-0.2, 0) is 4.79 Å². The normalized spacial score (nSPS) is 17.8. The fourth-order valence-corrected chi connectivity index (χ4v) is 2.25. The van der Waals surface area contributed by atoms with Crippen LogP contribution in [0.1, 0.15) is 19.3 Å². The van der Waals surface area contributed by atoms with E-state index in [0.717, 1.165) is 13.0 Å². The summed E-state index contributed by atoms with van der Waals surface area (Å²) in [5.41, 5.74) is 0. The summed E-state index contributed by atoms with van der Waals surface area (Å²) in [7, 11) is 1.60. The van der Waals surface area contributed by atoms with Crippen molar-refractivity contribution >= 4 is 5.91 Å². The van der Waals surface area contributed by atoms with Gasteiger partial charge < -0.3 is 20.1 Å². The lowest BCUT2D eigenvalue weighted by molar-refractivity contribution is -0.121. The molecule has 2 rings (SSSR count). The molecule has 0 aliphatic carbocycles. The molecular weight excluding hydrogens is 256 g/mol. The smallest absolute Gasteiger partial charge is 0.223 e. The van der Waals surface area contributed by atoms with E-state index in [1.165, 1.54) is 6.42 Å². The maximum absolute atomic E-state index is 11.7. The summed E-state index contributed by atoms with van der Waals surface area (Å²) in [4.78, 5) is 11.7. The molecule has 0 aromatic heterocycles. The molecule has 1 aliphatic heterocycles. The average Bonchev–Trinajstić information content (AvgIpc) is 2.99. The van der Waals surface area contributed by atoms with Crippen molar-refractivity contribution in [2.24, 2.45) is 0 Å². The predicted molar refractivity (Wildman–Crippen MR) is 77.1 cm³/mol. The van der Waals surface area contributed by atoms with E-state index in [1.807, 2.05) is 24.3 Å². The fraction of sp³-hybridized carbons (Fsp3) is 0.533. The molecule has 1 atom stereocenters. The van der Waals surface area contributed by atoms with Crippen molar-refractivity contribution in [3.63, 3.8) is 0 Å². The molecule has 1 aromatic rings. The van der Waals surface area contributed by atoms with Gasteiger partial charge in [0.25, 0.3) is 0 Å². The number of benzene rings is 1. The van der Waals surface area contributed by atoms with Gasteiger partial charge in [0.05, 0.1) is 20.1 Å². The molecule has 0 spiro atoms. The highest BCUT2D eigenvalue weighted by Crippen LogP contribution is 2.25. The van der Waals surface area contributed by atoms with E-state index in [9.17, 15) is 4.79 Å². The fourth-order valence-electron chi connectivity index (χ4n) is 2.25. The first-order valence-electron chi connectivity index (χ1n) is 7.05. The Morgan fingerprint density at radius 3 is 2.90 bits per heavy atom. The number of carbonyl (C=O) groups excluding carboxylic acids is 1. The van der Waals surface area contributed by atoms with Crippen LogP contribution < -0.4 is 20.1 Å². The van der Waals surface area contributed by atoms with Gasteiger partial charge in [-0.05, 0) is 31.5 Å². The largest absolute Gasteiger partial charge is 0.493 e. The molecule has 110 valence electrons. The molecule has 1 aromatic carbocycles. The monoisotopic (exact) mass is 278 g/mol. The Hall–Kier alpha value is -1.75. The zero-order chi connectivity index (χ0) is 14.2. The minimum absolute atomic E-state index is 0.0218. The number of amides is 1. The van der Waals surface area contributed by atoms with Crippen molar-refractivity contribution in [1.29, 1.82) is 0 Å². The number of hydrogen-bond donors (Lipinski definition) is 2. The van der Waals surface area contributed by atoms with Crippen molar-refractivity contribution in [2.45, 2.75) is 25.3 Å². The molecule has 0 radical (unpaired) electrons. The third kappa shape index (κ3) is 4.42. The summed E-state index contributed by atoms with van der Waals surface area (Å²) < 4.78 is 10.8. The van der Waals surface area contributed by atoms with E-state index < -0.39 is 0 Å². The molecule has 1 unspecified atom stereocenters. The van der Waals surface area contributed by atoms with Gasteiger partial charge in [0, 0.05) is 12.6 Å². The Kier molecular flexibility index (Phi) is 5.68. The first-order chi connectivity index (χ1) is 9.79. The average molecular weight is 278 g/mol. The Morgan fingerprint density at radius 2 is 2.20 bits per heavy atom. The number of carbonyl (C=O) groups is 1. The van der Waals surface area contributed by atoms with Crippen LogP contribution in [0.25, 0.3) is 0 Å². The molecule has 0 saturated carbocycles. The highest BCUT2D eigenvalue weighted by Gasteiger charge is 2.14. The Balaban J connectivity index is 1.65. The van der Waals surface area contributed by atoms with E-state index in [0.29, 0.717) is 37.1 Å². The molecular formula is C15H22N2O3. The van der Waals surface area contributed by atoms with Crippen LogP contribution in [-0.4, -0.2) is 38.8 Å². The van der Waals surface area contributed by atoms with Crippen LogP contribution in [0.2, 0.25) is 0 Å². The van der Waals surface area contributed by atoms with Crippen molar-refractivity contribution in [1.82, 2.24) is 10.6 Å². The first-order valence-corrected chi connectivity index (χ1v) is 7.05. The maximum Gasteiger partial charge on any atom is 0.223 e. The number of ether oxygens (including phenoxy) is 2. The molecule has 2 N–H and O–H groups in total. The van der Waals surface area contributed by atoms with Crippen molar-refractivity contribution in [3.8, 4) is 11.5 Å². The van der Waals surface area contributed by atoms with Crippen molar-refractivity contribution < 1.29 is 14.3 Å². The Labute approximate surface area is 119 Å². The van der Waals surface area contributed by atoms with Gasteiger partial charge in [-0.1, -0.05) is 12.1 Å². The van der Waals surface area contributed by atoms with E-state index in [1.54, 1.807) is 7.11 Å². The van der Waals surface area contributed by atoms with E-state index in [2.05, 4.69) is 10.6 Å². The summed E-state index contributed by atoms with van der Waals surface area (Å²) in [6, 6.07) is 7.85. The third-order valence-electron chi connectivity index (χ3n) is 3.36. The quantitative estimate of drug-likeness (QED) is 0.790. The second kappa shape index (κ2) is 7.75. The number of methoxy groups -OCH3 is 1. The maximum atomic E-state index is 11.7. The third-order valence-corrected chi connectivity index (χ3v) is 3.36. The Bertz CT molecular complexity index is 431. The topological polar surface area (TPSA) is 59.6 Å². The number of hydrogen-bond acceptors (Lipinski definition) is 4. The Morgan fingerprint density at radius 1 is 1.40 bits per heavy atom. The van der Waals surface area contributed by atoms with Gasteiger partial charge in [-0.3, -0.25) is 4.79 Å². The second-order valence-electron chi connectivity index (χ2n) is 4.85. The van der Waals surface area contributed by atoms with E-state index in [-0.39, 0.29) is 5.91 Å². The lowest BCUT2D eigenvalue weighted by atomic mass is 10.2. The predicted octanol–water partition coefficient (Wildman–Crippen LogP) is 1.33.